The third-order valence-electron chi connectivity index (χ3n) is 1.58. The fraction of sp³-hybridized carbons (Fsp3) is 0.333. The zero-order valence-corrected chi connectivity index (χ0v) is 8.05. The molecule has 0 aliphatic rings. The molecule has 0 heterocycles. The molecule has 3 nitrogen and oxygen atoms in total. The van der Waals surface area contributed by atoms with Crippen molar-refractivity contribution in [3.8, 4) is 5.75 Å². The van der Waals surface area contributed by atoms with E-state index in [9.17, 15) is 17.6 Å². The predicted octanol–water partition coefficient (Wildman–Crippen LogP) is 2.32. The van der Waals surface area contributed by atoms with E-state index in [1.165, 1.54) is 6.07 Å². The van der Waals surface area contributed by atoms with Crippen LogP contribution < -0.4 is 10.5 Å². The highest BCUT2D eigenvalue weighted by molar-refractivity contribution is 5.52. The van der Waals surface area contributed by atoms with Crippen LogP contribution in [-0.2, 0) is 4.74 Å². The van der Waals surface area contributed by atoms with Gasteiger partial charge in [-0.2, -0.15) is 0 Å². The van der Waals surface area contributed by atoms with Crippen LogP contribution in [-0.4, -0.2) is 19.6 Å². The van der Waals surface area contributed by atoms with E-state index >= 15 is 0 Å². The van der Waals surface area contributed by atoms with E-state index in [4.69, 9.17) is 10.5 Å². The largest absolute Gasteiger partial charge is 0.522 e. The first-order chi connectivity index (χ1) is 7.38. The van der Waals surface area contributed by atoms with Crippen molar-refractivity contribution in [3.05, 3.63) is 24.0 Å². The topological polar surface area (TPSA) is 44.5 Å². The minimum absolute atomic E-state index is 0.0204. The normalized spacial score (nSPS) is 11.5. The highest BCUT2D eigenvalue weighted by atomic mass is 19.4. The van der Waals surface area contributed by atoms with Crippen LogP contribution >= 0.6 is 0 Å². The van der Waals surface area contributed by atoms with Crippen molar-refractivity contribution in [2.24, 2.45) is 0 Å². The van der Waals surface area contributed by atoms with Gasteiger partial charge in [0.1, 0.15) is 18.2 Å². The second kappa shape index (κ2) is 5.02. The van der Waals surface area contributed by atoms with Crippen molar-refractivity contribution < 1.29 is 27.0 Å². The van der Waals surface area contributed by atoms with Gasteiger partial charge in [-0.15, -0.1) is 13.2 Å². The number of hydrogen-bond donors (Lipinski definition) is 1. The van der Waals surface area contributed by atoms with Gasteiger partial charge in [0.25, 0.3) is 0 Å². The first-order valence-corrected chi connectivity index (χ1v) is 4.27. The number of benzene rings is 1. The summed E-state index contributed by atoms with van der Waals surface area (Å²) in [6, 6.07) is 3.34. The number of anilines is 1. The SMILES string of the molecule is Nc1cc(F)ccc1OCCOC(F)(F)F. The van der Waals surface area contributed by atoms with E-state index in [0.717, 1.165) is 12.1 Å². The van der Waals surface area contributed by atoms with Crippen molar-refractivity contribution in [1.82, 2.24) is 0 Å². The number of ether oxygens (including phenoxy) is 2. The van der Waals surface area contributed by atoms with Crippen LogP contribution in [0.4, 0.5) is 23.2 Å². The van der Waals surface area contributed by atoms with Crippen LogP contribution in [0.2, 0.25) is 0 Å². The van der Waals surface area contributed by atoms with Gasteiger partial charge in [0.2, 0.25) is 0 Å². The first-order valence-electron chi connectivity index (χ1n) is 4.27. The Hall–Kier alpha value is -1.50. The van der Waals surface area contributed by atoms with Gasteiger partial charge in [0.05, 0.1) is 12.3 Å². The average Bonchev–Trinajstić information content (AvgIpc) is 2.13. The third kappa shape index (κ3) is 4.35. The summed E-state index contributed by atoms with van der Waals surface area (Å²) < 4.78 is 55.6. The molecule has 2 N–H and O–H groups in total. The van der Waals surface area contributed by atoms with Gasteiger partial charge in [-0.25, -0.2) is 4.39 Å². The molecular weight excluding hydrogens is 230 g/mol. The molecule has 90 valence electrons. The Morgan fingerprint density at radius 2 is 1.88 bits per heavy atom. The highest BCUT2D eigenvalue weighted by Gasteiger charge is 2.28. The number of halogens is 4. The maximum atomic E-state index is 12.6. The summed E-state index contributed by atoms with van der Waals surface area (Å²) in [5.74, 6) is -0.427. The van der Waals surface area contributed by atoms with Crippen molar-refractivity contribution in [1.29, 1.82) is 0 Å². The third-order valence-corrected chi connectivity index (χ3v) is 1.58. The molecule has 0 aromatic heterocycles. The maximum absolute atomic E-state index is 12.6. The predicted molar refractivity (Wildman–Crippen MR) is 48.3 cm³/mol. The molecule has 1 aromatic rings. The number of hydrogen-bond acceptors (Lipinski definition) is 3. The molecule has 1 aromatic carbocycles. The van der Waals surface area contributed by atoms with Gasteiger partial charge in [0.15, 0.2) is 0 Å². The first kappa shape index (κ1) is 12.6. The average molecular weight is 239 g/mol. The summed E-state index contributed by atoms with van der Waals surface area (Å²) in [5.41, 5.74) is 5.38. The van der Waals surface area contributed by atoms with Crippen molar-refractivity contribution in [2.75, 3.05) is 18.9 Å². The second-order valence-electron chi connectivity index (χ2n) is 2.82. The van der Waals surface area contributed by atoms with E-state index in [0.29, 0.717) is 0 Å². The van der Waals surface area contributed by atoms with Gasteiger partial charge in [-0.05, 0) is 12.1 Å². The smallest absolute Gasteiger partial charge is 0.489 e. The molecule has 1 rings (SSSR count). The van der Waals surface area contributed by atoms with Crippen molar-refractivity contribution in [3.63, 3.8) is 0 Å². The zero-order chi connectivity index (χ0) is 12.2. The molecule has 0 atom stereocenters. The molecule has 0 radical (unpaired) electrons. The Kier molecular flexibility index (Phi) is 3.94. The van der Waals surface area contributed by atoms with Gasteiger partial charge in [-0.1, -0.05) is 0 Å². The molecule has 0 saturated heterocycles. The van der Waals surface area contributed by atoms with E-state index in [1.54, 1.807) is 0 Å². The lowest BCUT2D eigenvalue weighted by Gasteiger charge is -2.10. The number of nitrogen functional groups attached to an aromatic ring is 1. The fourth-order valence-electron chi connectivity index (χ4n) is 0.960. The lowest BCUT2D eigenvalue weighted by atomic mass is 10.3. The van der Waals surface area contributed by atoms with Crippen LogP contribution in [0, 0.1) is 5.82 Å². The monoisotopic (exact) mass is 239 g/mol. The maximum Gasteiger partial charge on any atom is 0.522 e. The minimum Gasteiger partial charge on any atom is -0.489 e. The Balaban J connectivity index is 2.38. The standard InChI is InChI=1S/C9H9F4NO2/c10-6-1-2-8(7(14)5-6)15-3-4-16-9(11,12)13/h1-2,5H,3-4,14H2. The molecule has 0 amide bonds. The van der Waals surface area contributed by atoms with Gasteiger partial charge < -0.3 is 10.5 Å². The van der Waals surface area contributed by atoms with Crippen LogP contribution in [0.5, 0.6) is 5.75 Å². The minimum atomic E-state index is -4.68. The molecule has 0 bridgehead atoms. The van der Waals surface area contributed by atoms with Gasteiger partial charge in [0, 0.05) is 6.07 Å². The van der Waals surface area contributed by atoms with E-state index in [-0.39, 0.29) is 18.0 Å². The molecule has 0 saturated carbocycles. The van der Waals surface area contributed by atoms with Crippen molar-refractivity contribution in [2.45, 2.75) is 6.36 Å². The number of nitrogens with two attached hydrogens (primary N) is 1. The molecular formula is C9H9F4NO2. The lowest BCUT2D eigenvalue weighted by molar-refractivity contribution is -0.325. The van der Waals surface area contributed by atoms with Crippen molar-refractivity contribution >= 4 is 5.69 Å². The van der Waals surface area contributed by atoms with Gasteiger partial charge >= 0.3 is 6.36 Å². The van der Waals surface area contributed by atoms with Gasteiger partial charge in [-0.3, -0.25) is 4.74 Å². The Bertz CT molecular complexity index is 354. The van der Waals surface area contributed by atoms with Crippen LogP contribution in [0.25, 0.3) is 0 Å². The van der Waals surface area contributed by atoms with Crippen LogP contribution in [0.1, 0.15) is 0 Å². The molecule has 0 fully saturated rings. The Morgan fingerprint density at radius 1 is 1.19 bits per heavy atom. The second-order valence-corrected chi connectivity index (χ2v) is 2.82. The summed E-state index contributed by atoms with van der Waals surface area (Å²) in [5, 5.41) is 0. The lowest BCUT2D eigenvalue weighted by Crippen LogP contribution is -2.18. The number of alkyl halides is 3. The van der Waals surface area contributed by atoms with Crippen LogP contribution in [0.15, 0.2) is 18.2 Å². The molecule has 0 spiro atoms. The summed E-state index contributed by atoms with van der Waals surface area (Å²) in [4.78, 5) is 0. The summed E-state index contributed by atoms with van der Waals surface area (Å²) in [7, 11) is 0. The highest BCUT2D eigenvalue weighted by Crippen LogP contribution is 2.22. The molecule has 0 aliphatic carbocycles. The zero-order valence-electron chi connectivity index (χ0n) is 8.05. The number of rotatable bonds is 4. The summed E-state index contributed by atoms with van der Waals surface area (Å²) in [6.07, 6.45) is -4.68. The Morgan fingerprint density at radius 3 is 2.44 bits per heavy atom. The fourth-order valence-corrected chi connectivity index (χ4v) is 0.960. The summed E-state index contributed by atoms with van der Waals surface area (Å²) in [6.45, 7) is -0.977. The van der Waals surface area contributed by atoms with E-state index in [2.05, 4.69) is 4.74 Å². The van der Waals surface area contributed by atoms with Crippen LogP contribution in [0.3, 0.4) is 0 Å². The molecule has 0 unspecified atom stereocenters. The molecule has 0 aliphatic heterocycles. The molecule has 7 heteroatoms. The summed E-state index contributed by atoms with van der Waals surface area (Å²) >= 11 is 0. The van der Waals surface area contributed by atoms with E-state index < -0.39 is 18.8 Å². The quantitative estimate of drug-likeness (QED) is 0.498. The van der Waals surface area contributed by atoms with E-state index in [1.807, 2.05) is 0 Å². The molecule has 16 heavy (non-hydrogen) atoms. The Labute approximate surface area is 88.8 Å².